The van der Waals surface area contributed by atoms with Gasteiger partial charge in [-0.25, -0.2) is 4.79 Å². The zero-order valence-electron chi connectivity index (χ0n) is 20.1. The molecule has 0 aromatic heterocycles. The summed E-state index contributed by atoms with van der Waals surface area (Å²) in [4.78, 5) is 15.1. The highest BCUT2D eigenvalue weighted by molar-refractivity contribution is 7.98. The van der Waals surface area contributed by atoms with Crippen molar-refractivity contribution in [3.63, 3.8) is 0 Å². The Balaban J connectivity index is 2.12. The lowest BCUT2D eigenvalue weighted by Gasteiger charge is -2.35. The Morgan fingerprint density at radius 2 is 2.03 bits per heavy atom. The summed E-state index contributed by atoms with van der Waals surface area (Å²) in [6, 6.07) is 13.8. The maximum absolute atomic E-state index is 13.9. The van der Waals surface area contributed by atoms with Gasteiger partial charge in [0.15, 0.2) is 4.90 Å². The Morgan fingerprint density at radius 3 is 2.65 bits per heavy atom. The van der Waals surface area contributed by atoms with Gasteiger partial charge in [-0.2, -0.15) is 4.39 Å². The number of para-hydroxylation sites is 1. The van der Waals surface area contributed by atoms with E-state index >= 15 is 0 Å². The topological polar surface area (TPSA) is 61.8 Å². The summed E-state index contributed by atoms with van der Waals surface area (Å²) < 4.78 is 37.6. The van der Waals surface area contributed by atoms with Crippen molar-refractivity contribution in [1.82, 2.24) is 0 Å². The summed E-state index contributed by atoms with van der Waals surface area (Å²) in [5.41, 5.74) is 1.80. The second-order valence-corrected chi connectivity index (χ2v) is 10.7. The number of rotatable bonds is 9. The summed E-state index contributed by atoms with van der Waals surface area (Å²) >= 11 is 0.158. The molecule has 0 amide bonds. The number of nitrogens with zero attached hydrogens (tertiary/aromatic N) is 1. The number of anilines is 2. The molecule has 0 bridgehead atoms. The van der Waals surface area contributed by atoms with E-state index in [0.717, 1.165) is 61.9 Å². The van der Waals surface area contributed by atoms with Gasteiger partial charge >= 0.3 is 5.97 Å². The SMILES string of the molecule is CCCCC1(CC)CN(c2ccccc2)c2cc(SC)c(O/C=C(\F)C(=O)OC)cc2[S+]([O-])C1. The van der Waals surface area contributed by atoms with Crippen LogP contribution in [0.3, 0.4) is 0 Å². The van der Waals surface area contributed by atoms with Gasteiger partial charge in [-0.15, -0.1) is 11.8 Å². The average Bonchev–Trinajstić information content (AvgIpc) is 2.99. The number of ether oxygens (including phenoxy) is 2. The van der Waals surface area contributed by atoms with Gasteiger partial charge in [-0.1, -0.05) is 44.9 Å². The van der Waals surface area contributed by atoms with Crippen molar-refractivity contribution in [3.8, 4) is 5.75 Å². The van der Waals surface area contributed by atoms with Crippen LogP contribution in [0.15, 0.2) is 64.3 Å². The van der Waals surface area contributed by atoms with E-state index in [4.69, 9.17) is 4.74 Å². The number of methoxy groups -OCH3 is 1. The van der Waals surface area contributed by atoms with Crippen LogP contribution in [-0.4, -0.2) is 36.2 Å². The number of halogens is 1. The third-order valence-corrected chi connectivity index (χ3v) is 8.71. The van der Waals surface area contributed by atoms with E-state index in [-0.39, 0.29) is 5.41 Å². The van der Waals surface area contributed by atoms with Gasteiger partial charge in [0.25, 0.3) is 0 Å². The number of carbonyl (C=O) groups excluding carboxylic acids is 1. The zero-order chi connectivity index (χ0) is 24.7. The minimum absolute atomic E-state index is 0.104. The minimum atomic E-state index is -1.28. The number of carbonyl (C=O) groups is 1. The number of thioether (sulfide) groups is 1. The molecule has 8 heteroatoms. The van der Waals surface area contributed by atoms with Gasteiger partial charge < -0.3 is 18.9 Å². The van der Waals surface area contributed by atoms with E-state index in [1.165, 1.54) is 11.8 Å². The van der Waals surface area contributed by atoms with Crippen LogP contribution >= 0.6 is 11.8 Å². The highest BCUT2D eigenvalue weighted by Crippen LogP contribution is 2.47. The fraction of sp³-hybridized carbons (Fsp3) is 0.423. The molecular formula is C26H32FNO4S2. The first kappa shape index (κ1) is 26.4. The molecule has 2 atom stereocenters. The first-order valence-corrected chi connectivity index (χ1v) is 14.0. The number of fused-ring (bicyclic) bond motifs is 1. The van der Waals surface area contributed by atoms with Crippen molar-refractivity contribution in [2.75, 3.05) is 30.6 Å². The first-order valence-electron chi connectivity index (χ1n) is 11.4. The van der Waals surface area contributed by atoms with E-state index in [0.29, 0.717) is 16.4 Å². The van der Waals surface area contributed by atoms with Gasteiger partial charge in [0.05, 0.1) is 17.7 Å². The highest BCUT2D eigenvalue weighted by atomic mass is 32.2. The summed E-state index contributed by atoms with van der Waals surface area (Å²) in [5, 5.41) is 0. The molecule has 0 spiro atoms. The summed E-state index contributed by atoms with van der Waals surface area (Å²) in [7, 11) is 1.10. The minimum Gasteiger partial charge on any atom is -0.611 e. The van der Waals surface area contributed by atoms with Crippen molar-refractivity contribution < 1.29 is 23.2 Å². The highest BCUT2D eigenvalue weighted by Gasteiger charge is 2.41. The number of unbranched alkanes of at least 4 members (excludes halogenated alkanes) is 1. The molecule has 34 heavy (non-hydrogen) atoms. The first-order chi connectivity index (χ1) is 16.4. The van der Waals surface area contributed by atoms with Crippen LogP contribution in [-0.2, 0) is 20.7 Å². The molecule has 2 unspecified atom stereocenters. The summed E-state index contributed by atoms with van der Waals surface area (Å²) in [5.74, 6) is -1.35. The van der Waals surface area contributed by atoms with Gasteiger partial charge in [0.2, 0.25) is 5.83 Å². The molecule has 0 N–H and O–H groups in total. The molecule has 3 rings (SSSR count). The molecule has 1 heterocycles. The molecule has 0 saturated carbocycles. The van der Waals surface area contributed by atoms with Gasteiger partial charge in [-0.05, 0) is 48.5 Å². The summed E-state index contributed by atoms with van der Waals surface area (Å²) in [6.45, 7) is 5.11. The van der Waals surface area contributed by atoms with E-state index in [2.05, 4.69) is 35.6 Å². The van der Waals surface area contributed by atoms with Crippen LogP contribution in [0.2, 0.25) is 0 Å². The predicted octanol–water partition coefficient (Wildman–Crippen LogP) is 6.62. The van der Waals surface area contributed by atoms with Crippen LogP contribution in [0.25, 0.3) is 0 Å². The van der Waals surface area contributed by atoms with Crippen LogP contribution in [0, 0.1) is 5.41 Å². The monoisotopic (exact) mass is 505 g/mol. The molecule has 0 radical (unpaired) electrons. The van der Waals surface area contributed by atoms with E-state index in [1.807, 2.05) is 30.5 Å². The van der Waals surface area contributed by atoms with Gasteiger partial charge in [0, 0.05) is 23.7 Å². The second-order valence-electron chi connectivity index (χ2n) is 8.41. The van der Waals surface area contributed by atoms with Gasteiger partial charge in [-0.3, -0.25) is 0 Å². The lowest BCUT2D eigenvalue weighted by atomic mass is 9.81. The third-order valence-electron chi connectivity index (χ3n) is 6.26. The molecule has 1 aliphatic heterocycles. The van der Waals surface area contributed by atoms with Crippen molar-refractivity contribution in [2.45, 2.75) is 49.3 Å². The van der Waals surface area contributed by atoms with Crippen LogP contribution < -0.4 is 9.64 Å². The van der Waals surface area contributed by atoms with E-state index in [1.54, 1.807) is 6.07 Å². The quantitative estimate of drug-likeness (QED) is 0.126. The van der Waals surface area contributed by atoms with E-state index < -0.39 is 23.0 Å². The fourth-order valence-electron chi connectivity index (χ4n) is 4.19. The van der Waals surface area contributed by atoms with Gasteiger partial charge in [0.1, 0.15) is 17.8 Å². The number of esters is 1. The Morgan fingerprint density at radius 1 is 1.29 bits per heavy atom. The Bertz CT molecular complexity index is 1020. The molecule has 0 aliphatic carbocycles. The lowest BCUT2D eigenvalue weighted by Crippen LogP contribution is -2.37. The average molecular weight is 506 g/mol. The van der Waals surface area contributed by atoms with Crippen LogP contribution in [0.1, 0.15) is 39.5 Å². The molecule has 2 aromatic carbocycles. The lowest BCUT2D eigenvalue weighted by molar-refractivity contribution is -0.137. The summed E-state index contributed by atoms with van der Waals surface area (Å²) in [6.07, 6.45) is 6.70. The standard InChI is InChI=1S/C26H32FNO4S2/c1-5-7-13-26(6-2)17-28(19-11-9-8-10-12-19)21-14-23(33-4)22(15-24(21)34(30)18-26)32-16-20(27)25(29)31-3/h8-12,14-16H,5-7,13,17-18H2,1-4H3/b20-16-. The molecule has 2 aromatic rings. The molecule has 5 nitrogen and oxygen atoms in total. The Hall–Kier alpha value is -2.16. The van der Waals surface area contributed by atoms with Crippen molar-refractivity contribution in [3.05, 3.63) is 54.6 Å². The number of benzene rings is 2. The van der Waals surface area contributed by atoms with Crippen molar-refractivity contribution in [1.29, 1.82) is 0 Å². The van der Waals surface area contributed by atoms with E-state index in [9.17, 15) is 13.7 Å². The molecule has 0 saturated heterocycles. The third kappa shape index (κ3) is 5.90. The molecular weight excluding hydrogens is 473 g/mol. The van der Waals surface area contributed by atoms with Crippen molar-refractivity contribution >= 4 is 40.3 Å². The normalized spacial score (nSPS) is 20.5. The fourth-order valence-corrected chi connectivity index (χ4v) is 6.52. The van der Waals surface area contributed by atoms with Crippen LogP contribution in [0.4, 0.5) is 15.8 Å². The maximum Gasteiger partial charge on any atom is 0.370 e. The number of hydrogen-bond donors (Lipinski definition) is 0. The smallest absolute Gasteiger partial charge is 0.370 e. The Kier molecular flexibility index (Phi) is 9.33. The molecule has 0 fully saturated rings. The van der Waals surface area contributed by atoms with Crippen molar-refractivity contribution in [2.24, 2.45) is 5.41 Å². The second kappa shape index (κ2) is 12.0. The molecule has 1 aliphatic rings. The largest absolute Gasteiger partial charge is 0.611 e. The Labute approximate surface area is 208 Å². The maximum atomic E-state index is 13.9. The molecule has 184 valence electrons. The van der Waals surface area contributed by atoms with Crippen LogP contribution in [0.5, 0.6) is 5.75 Å². The zero-order valence-corrected chi connectivity index (χ0v) is 21.8. The number of hydrogen-bond acceptors (Lipinski definition) is 6. The predicted molar refractivity (Wildman–Crippen MR) is 137 cm³/mol.